The van der Waals surface area contributed by atoms with Gasteiger partial charge in [0.25, 0.3) is 0 Å². The molecule has 1 amide bonds. The molecular weight excluding hydrogens is 276 g/mol. The second-order valence-electron chi connectivity index (χ2n) is 5.58. The van der Waals surface area contributed by atoms with Gasteiger partial charge in [-0.1, -0.05) is 11.6 Å². The average Bonchev–Trinajstić information content (AvgIpc) is 3.30. The van der Waals surface area contributed by atoms with Gasteiger partial charge in [0.2, 0.25) is 5.91 Å². The van der Waals surface area contributed by atoms with Gasteiger partial charge in [0.1, 0.15) is 16.8 Å². The molecule has 5 nitrogen and oxygen atoms in total. The molecule has 3 rings (SSSR count). The van der Waals surface area contributed by atoms with Crippen LogP contribution in [-0.4, -0.2) is 36.0 Å². The van der Waals surface area contributed by atoms with Crippen molar-refractivity contribution in [1.82, 2.24) is 15.3 Å². The fourth-order valence-electron chi connectivity index (χ4n) is 2.71. The summed E-state index contributed by atoms with van der Waals surface area (Å²) in [6, 6.07) is 1.81. The number of hydrogen-bond donors (Lipinski definition) is 1. The minimum absolute atomic E-state index is 0.0341. The first kappa shape index (κ1) is 13.6. The lowest BCUT2D eigenvalue weighted by Gasteiger charge is -2.32. The van der Waals surface area contributed by atoms with Gasteiger partial charge < -0.3 is 10.2 Å². The number of aromatic nitrogens is 2. The number of amides is 1. The first-order valence-corrected chi connectivity index (χ1v) is 7.56. The summed E-state index contributed by atoms with van der Waals surface area (Å²) in [4.78, 5) is 22.9. The second kappa shape index (κ2) is 5.56. The third-order valence-electron chi connectivity index (χ3n) is 4.00. The van der Waals surface area contributed by atoms with E-state index < -0.39 is 0 Å². The maximum Gasteiger partial charge on any atom is 0.224 e. The van der Waals surface area contributed by atoms with Crippen molar-refractivity contribution in [2.45, 2.75) is 31.6 Å². The summed E-state index contributed by atoms with van der Waals surface area (Å²) >= 11 is 6.11. The maximum absolute atomic E-state index is 11.8. The lowest BCUT2D eigenvalue weighted by Crippen LogP contribution is -2.42. The van der Waals surface area contributed by atoms with Crippen LogP contribution in [0.15, 0.2) is 6.07 Å². The molecule has 0 aromatic carbocycles. The summed E-state index contributed by atoms with van der Waals surface area (Å²) < 4.78 is 0. The van der Waals surface area contributed by atoms with Crippen molar-refractivity contribution < 1.29 is 4.79 Å². The van der Waals surface area contributed by atoms with Crippen LogP contribution < -0.4 is 10.2 Å². The molecule has 6 heteroatoms. The fraction of sp³-hybridized carbons (Fsp3) is 0.643. The zero-order chi connectivity index (χ0) is 14.1. The van der Waals surface area contributed by atoms with Crippen LogP contribution in [-0.2, 0) is 4.79 Å². The van der Waals surface area contributed by atoms with Gasteiger partial charge in [0.05, 0.1) is 5.92 Å². The summed E-state index contributed by atoms with van der Waals surface area (Å²) in [7, 11) is 1.69. The number of hydrogen-bond acceptors (Lipinski definition) is 4. The molecular formula is C14H19ClN4O. The van der Waals surface area contributed by atoms with Gasteiger partial charge in [-0.2, -0.15) is 0 Å². The zero-order valence-electron chi connectivity index (χ0n) is 11.6. The minimum Gasteiger partial charge on any atom is -0.359 e. The molecule has 0 bridgehead atoms. The molecule has 2 heterocycles. The molecule has 20 heavy (non-hydrogen) atoms. The Balaban J connectivity index is 1.79. The monoisotopic (exact) mass is 294 g/mol. The van der Waals surface area contributed by atoms with E-state index in [0.717, 1.165) is 43.9 Å². The van der Waals surface area contributed by atoms with Gasteiger partial charge in [-0.15, -0.1) is 0 Å². The van der Waals surface area contributed by atoms with Crippen LogP contribution in [0.4, 0.5) is 5.82 Å². The highest BCUT2D eigenvalue weighted by atomic mass is 35.5. The van der Waals surface area contributed by atoms with Crippen molar-refractivity contribution in [2.24, 2.45) is 5.92 Å². The minimum atomic E-state index is 0.0341. The number of nitrogens with one attached hydrogen (secondary N) is 1. The quantitative estimate of drug-likeness (QED) is 0.866. The Hall–Kier alpha value is -1.36. The molecule has 1 N–H and O–H groups in total. The number of nitrogens with zero attached hydrogens (tertiary/aromatic N) is 3. The van der Waals surface area contributed by atoms with E-state index in [1.54, 1.807) is 13.1 Å². The SMILES string of the molecule is CNC(=O)C1CCCN(c2cc(Cl)nc(C3CC3)n2)C1. The lowest BCUT2D eigenvalue weighted by molar-refractivity contribution is -0.124. The number of anilines is 1. The topological polar surface area (TPSA) is 58.1 Å². The third kappa shape index (κ3) is 2.87. The highest BCUT2D eigenvalue weighted by molar-refractivity contribution is 6.29. The number of halogens is 1. The Labute approximate surface area is 123 Å². The van der Waals surface area contributed by atoms with E-state index in [0.29, 0.717) is 17.6 Å². The molecule has 1 aromatic heterocycles. The highest BCUT2D eigenvalue weighted by Gasteiger charge is 2.30. The Kier molecular flexibility index (Phi) is 3.78. The highest BCUT2D eigenvalue weighted by Crippen LogP contribution is 2.39. The summed E-state index contributed by atoms with van der Waals surface area (Å²) in [6.45, 7) is 1.63. The third-order valence-corrected chi connectivity index (χ3v) is 4.20. The molecule has 1 aromatic rings. The summed E-state index contributed by atoms with van der Waals surface area (Å²) in [5, 5.41) is 3.23. The van der Waals surface area contributed by atoms with Crippen LogP contribution in [0.3, 0.4) is 0 Å². The van der Waals surface area contributed by atoms with Crippen LogP contribution in [0.25, 0.3) is 0 Å². The molecule has 1 saturated heterocycles. The average molecular weight is 295 g/mol. The maximum atomic E-state index is 11.8. The Morgan fingerprint density at radius 2 is 2.20 bits per heavy atom. The number of piperidine rings is 1. The van der Waals surface area contributed by atoms with Gasteiger partial charge in [-0.05, 0) is 25.7 Å². The number of carbonyl (C=O) groups is 1. The van der Waals surface area contributed by atoms with E-state index in [9.17, 15) is 4.79 Å². The predicted molar refractivity (Wildman–Crippen MR) is 78.0 cm³/mol. The van der Waals surface area contributed by atoms with Gasteiger partial charge >= 0.3 is 0 Å². The largest absolute Gasteiger partial charge is 0.359 e. The number of carbonyl (C=O) groups excluding carboxylic acids is 1. The van der Waals surface area contributed by atoms with E-state index >= 15 is 0 Å². The van der Waals surface area contributed by atoms with Crippen LogP contribution in [0, 0.1) is 5.92 Å². The standard InChI is InChI=1S/C14H19ClN4O/c1-16-14(20)10-3-2-6-19(8-10)12-7-11(15)17-13(18-12)9-4-5-9/h7,9-10H,2-6,8H2,1H3,(H,16,20). The molecule has 2 fully saturated rings. The molecule has 1 aliphatic heterocycles. The van der Waals surface area contributed by atoms with Crippen molar-refractivity contribution in [3.8, 4) is 0 Å². The Bertz CT molecular complexity index is 518. The molecule has 1 atom stereocenters. The van der Waals surface area contributed by atoms with Crippen molar-refractivity contribution >= 4 is 23.3 Å². The molecule has 2 aliphatic rings. The first-order chi connectivity index (χ1) is 9.67. The van der Waals surface area contributed by atoms with Gasteiger partial charge in [0.15, 0.2) is 0 Å². The van der Waals surface area contributed by atoms with Gasteiger partial charge in [-0.3, -0.25) is 4.79 Å². The van der Waals surface area contributed by atoms with Crippen molar-refractivity contribution in [2.75, 3.05) is 25.0 Å². The summed E-state index contributed by atoms with van der Waals surface area (Å²) in [5.41, 5.74) is 0. The number of rotatable bonds is 3. The van der Waals surface area contributed by atoms with E-state index in [4.69, 9.17) is 11.6 Å². The zero-order valence-corrected chi connectivity index (χ0v) is 12.4. The van der Waals surface area contributed by atoms with Crippen molar-refractivity contribution in [3.63, 3.8) is 0 Å². The van der Waals surface area contributed by atoms with E-state index in [1.165, 1.54) is 0 Å². The lowest BCUT2D eigenvalue weighted by atomic mass is 9.97. The Morgan fingerprint density at radius 3 is 2.90 bits per heavy atom. The van der Waals surface area contributed by atoms with E-state index in [2.05, 4.69) is 20.2 Å². The van der Waals surface area contributed by atoms with Gasteiger partial charge in [-0.25, -0.2) is 9.97 Å². The van der Waals surface area contributed by atoms with E-state index in [-0.39, 0.29) is 11.8 Å². The second-order valence-corrected chi connectivity index (χ2v) is 5.97. The van der Waals surface area contributed by atoms with Crippen LogP contribution >= 0.6 is 11.6 Å². The van der Waals surface area contributed by atoms with Crippen molar-refractivity contribution in [1.29, 1.82) is 0 Å². The molecule has 0 radical (unpaired) electrons. The van der Waals surface area contributed by atoms with Gasteiger partial charge in [0, 0.05) is 32.1 Å². The fourth-order valence-corrected chi connectivity index (χ4v) is 2.90. The summed E-state index contributed by atoms with van der Waals surface area (Å²) in [5.74, 6) is 2.34. The molecule has 0 spiro atoms. The molecule has 1 unspecified atom stereocenters. The normalized spacial score (nSPS) is 22.7. The summed E-state index contributed by atoms with van der Waals surface area (Å²) in [6.07, 6.45) is 4.24. The smallest absolute Gasteiger partial charge is 0.224 e. The van der Waals surface area contributed by atoms with Crippen LogP contribution in [0.1, 0.15) is 37.4 Å². The molecule has 1 saturated carbocycles. The first-order valence-electron chi connectivity index (χ1n) is 7.18. The predicted octanol–water partition coefficient (Wildman–Crippen LogP) is 1.97. The molecule has 1 aliphatic carbocycles. The molecule has 108 valence electrons. The van der Waals surface area contributed by atoms with E-state index in [1.807, 2.05) is 0 Å². The van der Waals surface area contributed by atoms with Crippen LogP contribution in [0.5, 0.6) is 0 Å². The van der Waals surface area contributed by atoms with Crippen LogP contribution in [0.2, 0.25) is 5.15 Å². The Morgan fingerprint density at radius 1 is 1.40 bits per heavy atom. The van der Waals surface area contributed by atoms with Crippen molar-refractivity contribution in [3.05, 3.63) is 17.0 Å².